The smallest absolute Gasteiger partial charge is 0.264 e. The van der Waals surface area contributed by atoms with Gasteiger partial charge < -0.3 is 9.64 Å². The summed E-state index contributed by atoms with van der Waals surface area (Å²) in [4.78, 5) is 14.3. The number of anilines is 1. The maximum Gasteiger partial charge on any atom is 0.264 e. The molecule has 3 nitrogen and oxygen atoms in total. The van der Waals surface area contributed by atoms with Crippen molar-refractivity contribution in [3.05, 3.63) is 59.2 Å². The summed E-state index contributed by atoms with van der Waals surface area (Å²) in [6.45, 7) is 8.72. The van der Waals surface area contributed by atoms with Crippen molar-refractivity contribution in [1.29, 1.82) is 0 Å². The maximum atomic E-state index is 12.5. The van der Waals surface area contributed by atoms with Crippen molar-refractivity contribution < 1.29 is 9.53 Å². The summed E-state index contributed by atoms with van der Waals surface area (Å²) in [6, 6.07) is 13.9. The Morgan fingerprint density at radius 2 is 1.64 bits per heavy atom. The third-order valence-corrected chi connectivity index (χ3v) is 3.66. The molecular weight excluding hydrogens is 274 g/mol. The molecule has 0 unspecified atom stereocenters. The van der Waals surface area contributed by atoms with E-state index in [1.54, 1.807) is 4.90 Å². The lowest BCUT2D eigenvalue weighted by atomic mass is 10.1. The molecule has 0 fully saturated rings. The van der Waals surface area contributed by atoms with Gasteiger partial charge in [-0.3, -0.25) is 4.79 Å². The first-order chi connectivity index (χ1) is 10.5. The van der Waals surface area contributed by atoms with Gasteiger partial charge in [0.15, 0.2) is 6.61 Å². The Morgan fingerprint density at radius 1 is 1.00 bits per heavy atom. The number of benzene rings is 2. The lowest BCUT2D eigenvalue weighted by molar-refractivity contribution is -0.120. The predicted octanol–water partition coefficient (Wildman–Crippen LogP) is 4.04. The molecule has 0 saturated carbocycles. The summed E-state index contributed by atoms with van der Waals surface area (Å²) in [5.74, 6) is 0.688. The average molecular weight is 297 g/mol. The quantitative estimate of drug-likeness (QED) is 0.833. The van der Waals surface area contributed by atoms with Crippen LogP contribution < -0.4 is 9.64 Å². The second kappa shape index (κ2) is 7.12. The molecule has 0 bridgehead atoms. The number of hydrogen-bond acceptors (Lipinski definition) is 2. The second-order valence-electron chi connectivity index (χ2n) is 5.53. The minimum atomic E-state index is -0.0308. The summed E-state index contributed by atoms with van der Waals surface area (Å²) in [7, 11) is 0. The Bertz CT molecular complexity index is 647. The lowest BCUT2D eigenvalue weighted by Gasteiger charge is -2.23. The minimum Gasteiger partial charge on any atom is -0.484 e. The lowest BCUT2D eigenvalue weighted by Crippen LogP contribution is -2.35. The van der Waals surface area contributed by atoms with Crippen molar-refractivity contribution in [2.24, 2.45) is 0 Å². The Labute approximate surface area is 132 Å². The van der Waals surface area contributed by atoms with Crippen molar-refractivity contribution in [1.82, 2.24) is 0 Å². The topological polar surface area (TPSA) is 29.5 Å². The van der Waals surface area contributed by atoms with Gasteiger partial charge >= 0.3 is 0 Å². The largest absolute Gasteiger partial charge is 0.484 e. The fraction of sp³-hybridized carbons (Fsp3) is 0.316. The van der Waals surface area contributed by atoms with E-state index < -0.39 is 0 Å². The molecule has 0 aromatic heterocycles. The number of rotatable bonds is 5. The highest BCUT2D eigenvalue weighted by molar-refractivity contribution is 5.95. The average Bonchev–Trinajstić information content (AvgIpc) is 2.51. The van der Waals surface area contributed by atoms with Gasteiger partial charge in [-0.15, -0.1) is 0 Å². The molecule has 0 spiro atoms. The van der Waals surface area contributed by atoms with E-state index in [2.05, 4.69) is 6.07 Å². The zero-order valence-corrected chi connectivity index (χ0v) is 13.7. The number of aryl methyl sites for hydroxylation is 3. The fourth-order valence-electron chi connectivity index (χ4n) is 2.35. The van der Waals surface area contributed by atoms with Crippen LogP contribution in [0, 0.1) is 20.8 Å². The van der Waals surface area contributed by atoms with Crippen LogP contribution in [0.4, 0.5) is 5.69 Å². The van der Waals surface area contributed by atoms with Crippen LogP contribution in [-0.4, -0.2) is 19.1 Å². The highest BCUT2D eigenvalue weighted by Gasteiger charge is 2.16. The molecule has 0 aliphatic rings. The molecule has 0 aliphatic carbocycles. The van der Waals surface area contributed by atoms with Crippen molar-refractivity contribution in [2.75, 3.05) is 18.1 Å². The first-order valence-corrected chi connectivity index (χ1v) is 7.58. The molecule has 116 valence electrons. The number of ether oxygens (including phenoxy) is 1. The monoisotopic (exact) mass is 297 g/mol. The molecule has 0 N–H and O–H groups in total. The van der Waals surface area contributed by atoms with Gasteiger partial charge in [0.1, 0.15) is 5.75 Å². The van der Waals surface area contributed by atoms with Crippen molar-refractivity contribution in [3.8, 4) is 5.75 Å². The molecule has 0 heterocycles. The van der Waals surface area contributed by atoms with Crippen LogP contribution in [-0.2, 0) is 4.79 Å². The normalized spacial score (nSPS) is 10.4. The van der Waals surface area contributed by atoms with Crippen LogP contribution in [0.1, 0.15) is 23.6 Å². The molecule has 3 heteroatoms. The molecule has 1 amide bonds. The van der Waals surface area contributed by atoms with E-state index in [0.29, 0.717) is 6.54 Å². The molecule has 2 rings (SSSR count). The van der Waals surface area contributed by atoms with E-state index in [1.807, 2.05) is 64.1 Å². The molecule has 0 radical (unpaired) electrons. The van der Waals surface area contributed by atoms with Gasteiger partial charge in [0.05, 0.1) is 0 Å². The van der Waals surface area contributed by atoms with Crippen LogP contribution in [0.2, 0.25) is 0 Å². The summed E-state index contributed by atoms with van der Waals surface area (Å²) in [6.07, 6.45) is 0. The number of amides is 1. The predicted molar refractivity (Wildman–Crippen MR) is 90.6 cm³/mol. The summed E-state index contributed by atoms with van der Waals surface area (Å²) in [5, 5.41) is 0. The molecule has 0 atom stereocenters. The summed E-state index contributed by atoms with van der Waals surface area (Å²) < 4.78 is 5.61. The van der Waals surface area contributed by atoms with E-state index in [-0.39, 0.29) is 12.5 Å². The van der Waals surface area contributed by atoms with E-state index >= 15 is 0 Å². The number of carbonyl (C=O) groups is 1. The number of nitrogens with zero attached hydrogens (tertiary/aromatic N) is 1. The van der Waals surface area contributed by atoms with Crippen LogP contribution in [0.3, 0.4) is 0 Å². The van der Waals surface area contributed by atoms with Crippen molar-refractivity contribution in [3.63, 3.8) is 0 Å². The molecular formula is C19H23NO2. The van der Waals surface area contributed by atoms with Crippen LogP contribution >= 0.6 is 0 Å². The number of hydrogen-bond donors (Lipinski definition) is 0. The molecule has 22 heavy (non-hydrogen) atoms. The highest BCUT2D eigenvalue weighted by atomic mass is 16.5. The van der Waals surface area contributed by atoms with Crippen molar-refractivity contribution in [2.45, 2.75) is 27.7 Å². The third-order valence-electron chi connectivity index (χ3n) is 3.66. The molecule has 2 aromatic carbocycles. The van der Waals surface area contributed by atoms with Gasteiger partial charge in [-0.2, -0.15) is 0 Å². The SMILES string of the molecule is CCN(C(=O)COc1ccc(C)cc1)c1cc(C)ccc1C. The first kappa shape index (κ1) is 16.1. The number of likely N-dealkylation sites (N-methyl/N-ethyl adjacent to an activating group) is 1. The second-order valence-corrected chi connectivity index (χ2v) is 5.53. The Kier molecular flexibility index (Phi) is 5.21. The summed E-state index contributed by atoms with van der Waals surface area (Å²) >= 11 is 0. The van der Waals surface area contributed by atoms with Gasteiger partial charge in [-0.1, -0.05) is 29.8 Å². The third kappa shape index (κ3) is 3.88. The zero-order valence-electron chi connectivity index (χ0n) is 13.7. The number of carbonyl (C=O) groups excluding carboxylic acids is 1. The standard InChI is InChI=1S/C19H23NO2/c1-5-20(18-12-15(3)6-9-16(18)4)19(21)13-22-17-10-7-14(2)8-11-17/h6-12H,5,13H2,1-4H3. The highest BCUT2D eigenvalue weighted by Crippen LogP contribution is 2.22. The van der Waals surface area contributed by atoms with E-state index in [9.17, 15) is 4.79 Å². The fourth-order valence-corrected chi connectivity index (χ4v) is 2.35. The van der Waals surface area contributed by atoms with Gasteiger partial charge in [0, 0.05) is 12.2 Å². The Balaban J connectivity index is 2.08. The van der Waals surface area contributed by atoms with Gasteiger partial charge in [0.2, 0.25) is 0 Å². The van der Waals surface area contributed by atoms with Gasteiger partial charge in [-0.25, -0.2) is 0 Å². The molecule has 2 aromatic rings. The Hall–Kier alpha value is -2.29. The maximum absolute atomic E-state index is 12.5. The van der Waals surface area contributed by atoms with Crippen LogP contribution in [0.15, 0.2) is 42.5 Å². The molecule has 0 aliphatic heterocycles. The minimum absolute atomic E-state index is 0.0308. The van der Waals surface area contributed by atoms with Gasteiger partial charge in [-0.05, 0) is 57.0 Å². The molecule has 0 saturated heterocycles. The summed E-state index contributed by atoms with van der Waals surface area (Å²) in [5.41, 5.74) is 4.37. The van der Waals surface area contributed by atoms with E-state index in [0.717, 1.165) is 22.6 Å². The van der Waals surface area contributed by atoms with Gasteiger partial charge in [0.25, 0.3) is 5.91 Å². The van der Waals surface area contributed by atoms with E-state index in [4.69, 9.17) is 4.74 Å². The van der Waals surface area contributed by atoms with Crippen molar-refractivity contribution >= 4 is 11.6 Å². The zero-order chi connectivity index (χ0) is 16.1. The first-order valence-electron chi connectivity index (χ1n) is 7.58. The van der Waals surface area contributed by atoms with Crippen LogP contribution in [0.25, 0.3) is 0 Å². The van der Waals surface area contributed by atoms with Crippen LogP contribution in [0.5, 0.6) is 5.75 Å². The Morgan fingerprint density at radius 3 is 2.27 bits per heavy atom. The van der Waals surface area contributed by atoms with E-state index in [1.165, 1.54) is 5.56 Å².